The zero-order valence-electron chi connectivity index (χ0n) is 18.9. The summed E-state index contributed by atoms with van der Waals surface area (Å²) in [6, 6.07) is 8.66. The molecule has 0 unspecified atom stereocenters. The first-order valence-electron chi connectivity index (χ1n) is 10.8. The molecule has 0 bridgehead atoms. The second kappa shape index (κ2) is 9.13. The molecule has 1 heterocycles. The van der Waals surface area contributed by atoms with Crippen molar-refractivity contribution in [3.05, 3.63) is 99.9 Å². The van der Waals surface area contributed by atoms with Gasteiger partial charge in [-0.25, -0.2) is 22.0 Å². The number of benzene rings is 3. The Balaban J connectivity index is 1.64. The fourth-order valence-corrected chi connectivity index (χ4v) is 4.24. The van der Waals surface area contributed by atoms with E-state index in [0.29, 0.717) is 17.8 Å². The van der Waals surface area contributed by atoms with E-state index in [1.807, 2.05) is 13.8 Å². The molecular weight excluding hydrogens is 467 g/mol. The number of halogens is 5. The number of nitrogens with one attached hydrogen (secondary N) is 1. The third kappa shape index (κ3) is 5.03. The minimum Gasteiger partial charge on any atom is -0.348 e. The highest BCUT2D eigenvalue weighted by atomic mass is 19.2. The molecule has 4 nitrogen and oxygen atoms in total. The highest BCUT2D eigenvalue weighted by Crippen LogP contribution is 2.41. The Bertz CT molecular complexity index is 1300. The number of hydrogen-bond acceptors (Lipinski definition) is 2. The number of anilines is 1. The van der Waals surface area contributed by atoms with Gasteiger partial charge in [0.05, 0.1) is 6.54 Å². The molecule has 0 aromatic heterocycles. The first-order chi connectivity index (χ1) is 16.4. The maximum Gasteiger partial charge on any atom is 0.251 e. The van der Waals surface area contributed by atoms with E-state index >= 15 is 0 Å². The van der Waals surface area contributed by atoms with Gasteiger partial charge in [0.1, 0.15) is 29.1 Å². The molecule has 4 rings (SSSR count). The Hall–Kier alpha value is -3.75. The Morgan fingerprint density at radius 1 is 0.914 bits per heavy atom. The van der Waals surface area contributed by atoms with Gasteiger partial charge < -0.3 is 10.2 Å². The Morgan fingerprint density at radius 3 is 2.14 bits per heavy atom. The first-order valence-corrected chi connectivity index (χ1v) is 10.8. The van der Waals surface area contributed by atoms with Crippen LogP contribution in [-0.4, -0.2) is 11.8 Å². The van der Waals surface area contributed by atoms with Crippen LogP contribution < -0.4 is 10.2 Å². The smallest absolute Gasteiger partial charge is 0.251 e. The predicted molar refractivity (Wildman–Crippen MR) is 119 cm³/mol. The zero-order valence-corrected chi connectivity index (χ0v) is 18.9. The van der Waals surface area contributed by atoms with Crippen LogP contribution in [0.1, 0.15) is 47.3 Å². The van der Waals surface area contributed by atoms with Gasteiger partial charge in [-0.2, -0.15) is 0 Å². The zero-order chi connectivity index (χ0) is 25.5. The molecule has 1 aliphatic heterocycles. The van der Waals surface area contributed by atoms with Crippen LogP contribution >= 0.6 is 0 Å². The van der Waals surface area contributed by atoms with Crippen LogP contribution in [0.2, 0.25) is 0 Å². The van der Waals surface area contributed by atoms with E-state index in [1.54, 1.807) is 6.07 Å². The van der Waals surface area contributed by atoms with Gasteiger partial charge in [0.2, 0.25) is 5.91 Å². The van der Waals surface area contributed by atoms with E-state index in [9.17, 15) is 31.5 Å². The maximum atomic E-state index is 13.9. The number of rotatable bonds is 5. The number of hydrogen-bond donors (Lipinski definition) is 1. The predicted octanol–water partition coefficient (Wildman–Crippen LogP) is 5.53. The summed E-state index contributed by atoms with van der Waals surface area (Å²) in [6.07, 6.45) is 0.145. The molecule has 0 fully saturated rings. The van der Waals surface area contributed by atoms with Crippen LogP contribution in [0, 0.1) is 29.1 Å². The lowest BCUT2D eigenvalue weighted by atomic mass is 9.76. The average molecular weight is 488 g/mol. The number of fused-ring (bicyclic) bond motifs is 1. The molecule has 182 valence electrons. The highest BCUT2D eigenvalue weighted by Gasteiger charge is 2.37. The molecular formula is C26H21F5N2O2. The third-order valence-electron chi connectivity index (χ3n) is 5.97. The minimum atomic E-state index is -1.13. The fraction of sp³-hybridized carbons (Fsp3) is 0.231. The van der Waals surface area contributed by atoms with Gasteiger partial charge in [0.25, 0.3) is 5.91 Å². The SMILES string of the molecule is CC1(C)CC(=O)N(Cc2cc(F)cc(F)c2)c2cc(C(=O)NCc3c(F)cc(F)cc3F)ccc21. The van der Waals surface area contributed by atoms with Crippen LogP contribution in [0.25, 0.3) is 0 Å². The molecule has 3 aromatic rings. The van der Waals surface area contributed by atoms with Crippen molar-refractivity contribution in [2.45, 2.75) is 38.8 Å². The largest absolute Gasteiger partial charge is 0.348 e. The van der Waals surface area contributed by atoms with Crippen molar-refractivity contribution in [2.24, 2.45) is 0 Å². The first kappa shape index (κ1) is 24.4. The summed E-state index contributed by atoms with van der Waals surface area (Å²) in [6.45, 7) is 3.09. The van der Waals surface area contributed by atoms with Gasteiger partial charge in [-0.1, -0.05) is 19.9 Å². The van der Waals surface area contributed by atoms with E-state index in [4.69, 9.17) is 0 Å². The van der Waals surface area contributed by atoms with Crippen LogP contribution in [0.5, 0.6) is 0 Å². The van der Waals surface area contributed by atoms with Gasteiger partial charge >= 0.3 is 0 Å². The Kier molecular flexibility index (Phi) is 6.36. The summed E-state index contributed by atoms with van der Waals surface area (Å²) in [7, 11) is 0. The van der Waals surface area contributed by atoms with Crippen molar-refractivity contribution >= 4 is 17.5 Å². The van der Waals surface area contributed by atoms with Crippen molar-refractivity contribution in [1.29, 1.82) is 0 Å². The second-order valence-electron chi connectivity index (χ2n) is 9.08. The Labute approximate surface area is 198 Å². The van der Waals surface area contributed by atoms with Crippen LogP contribution in [0.4, 0.5) is 27.6 Å². The van der Waals surface area contributed by atoms with Gasteiger partial charge in [0, 0.05) is 53.4 Å². The van der Waals surface area contributed by atoms with E-state index in [-0.39, 0.29) is 30.0 Å². The molecule has 0 saturated heterocycles. The van der Waals surface area contributed by atoms with Crippen LogP contribution in [0.3, 0.4) is 0 Å². The van der Waals surface area contributed by atoms with Gasteiger partial charge in [-0.15, -0.1) is 0 Å². The lowest BCUT2D eigenvalue weighted by Gasteiger charge is -2.39. The molecule has 3 aromatic carbocycles. The molecule has 35 heavy (non-hydrogen) atoms. The van der Waals surface area contributed by atoms with Crippen molar-refractivity contribution in [2.75, 3.05) is 4.90 Å². The number of nitrogens with zero attached hydrogens (tertiary/aromatic N) is 1. The van der Waals surface area contributed by atoms with Crippen LogP contribution in [-0.2, 0) is 23.3 Å². The number of amides is 2. The van der Waals surface area contributed by atoms with E-state index in [0.717, 1.165) is 23.8 Å². The minimum absolute atomic E-state index is 0.104. The summed E-state index contributed by atoms with van der Waals surface area (Å²) >= 11 is 0. The number of carbonyl (C=O) groups is 2. The molecule has 0 aliphatic carbocycles. The van der Waals surface area contributed by atoms with Crippen molar-refractivity contribution in [1.82, 2.24) is 5.32 Å². The standard InChI is InChI=1S/C26H21F5N2O2/c1-26(2)11-24(34)33(13-14-5-16(27)8-17(28)6-14)23-7-15(3-4-20(23)26)25(35)32-12-19-21(30)9-18(29)10-22(19)31/h3-10H,11-13H2,1-2H3,(H,32,35). The highest BCUT2D eigenvalue weighted by molar-refractivity contribution is 6.01. The van der Waals surface area contributed by atoms with E-state index < -0.39 is 52.5 Å². The summed E-state index contributed by atoms with van der Waals surface area (Å²) in [4.78, 5) is 27.1. The molecule has 1 aliphatic rings. The molecule has 1 N–H and O–H groups in total. The monoisotopic (exact) mass is 488 g/mol. The molecule has 0 atom stereocenters. The quantitative estimate of drug-likeness (QED) is 0.481. The van der Waals surface area contributed by atoms with E-state index in [1.165, 1.54) is 17.0 Å². The summed E-state index contributed by atoms with van der Waals surface area (Å²) in [5.41, 5.74) is 0.421. The topological polar surface area (TPSA) is 49.4 Å². The molecule has 0 spiro atoms. The maximum absolute atomic E-state index is 13.9. The normalized spacial score (nSPS) is 14.6. The summed E-state index contributed by atoms with van der Waals surface area (Å²) < 4.78 is 68.3. The van der Waals surface area contributed by atoms with Gasteiger partial charge in [-0.05, 0) is 35.4 Å². The molecule has 0 saturated carbocycles. The number of carbonyl (C=O) groups excluding carboxylic acids is 2. The summed E-state index contributed by atoms with van der Waals surface area (Å²) in [5.74, 6) is -5.86. The lowest BCUT2D eigenvalue weighted by Crippen LogP contribution is -2.41. The van der Waals surface area contributed by atoms with Crippen LogP contribution in [0.15, 0.2) is 48.5 Å². The van der Waals surface area contributed by atoms with E-state index in [2.05, 4.69) is 5.32 Å². The van der Waals surface area contributed by atoms with Gasteiger partial charge in [0.15, 0.2) is 0 Å². The van der Waals surface area contributed by atoms with Crippen molar-refractivity contribution in [3.8, 4) is 0 Å². The van der Waals surface area contributed by atoms with Crippen molar-refractivity contribution in [3.63, 3.8) is 0 Å². The Morgan fingerprint density at radius 2 is 1.51 bits per heavy atom. The molecule has 9 heteroatoms. The third-order valence-corrected chi connectivity index (χ3v) is 5.97. The fourth-order valence-electron chi connectivity index (χ4n) is 4.24. The molecule has 2 amide bonds. The van der Waals surface area contributed by atoms with Gasteiger partial charge in [-0.3, -0.25) is 9.59 Å². The molecule has 0 radical (unpaired) electrons. The summed E-state index contributed by atoms with van der Waals surface area (Å²) in [5, 5.41) is 2.39. The van der Waals surface area contributed by atoms with Crippen molar-refractivity contribution < 1.29 is 31.5 Å². The lowest BCUT2D eigenvalue weighted by molar-refractivity contribution is -0.120. The average Bonchev–Trinajstić information content (AvgIpc) is 2.74. The second-order valence-corrected chi connectivity index (χ2v) is 9.08.